The molecule has 8 bridgehead atoms. The van der Waals surface area contributed by atoms with E-state index < -0.39 is 11.9 Å². The van der Waals surface area contributed by atoms with Crippen molar-refractivity contribution in [2.75, 3.05) is 26.4 Å². The lowest BCUT2D eigenvalue weighted by Gasteiger charge is -2.24. The maximum Gasteiger partial charge on any atom is 0.335 e. The number of benzene rings is 6. The minimum Gasteiger partial charge on any atom is -0.493 e. The zero-order valence-corrected chi connectivity index (χ0v) is 36.2. The molecule has 8 nitrogen and oxygen atoms in total. The summed E-state index contributed by atoms with van der Waals surface area (Å²) in [5, 5.41) is 19.4. The quantitative estimate of drug-likeness (QED) is 0.0990. The Labute approximate surface area is 365 Å². The Hall–Kier alpha value is -6.54. The summed E-state index contributed by atoms with van der Waals surface area (Å²) in [6.45, 7) is 10.6. The van der Waals surface area contributed by atoms with E-state index in [0.29, 0.717) is 52.1 Å². The molecule has 320 valence electrons. The van der Waals surface area contributed by atoms with Gasteiger partial charge in [-0.1, -0.05) is 88.4 Å². The molecule has 1 aliphatic rings. The van der Waals surface area contributed by atoms with Gasteiger partial charge in [-0.3, -0.25) is 0 Å². The first-order valence-corrected chi connectivity index (χ1v) is 21.9. The van der Waals surface area contributed by atoms with Gasteiger partial charge in [0, 0.05) is 25.7 Å². The smallest absolute Gasteiger partial charge is 0.335 e. The molecule has 2 N–H and O–H groups in total. The van der Waals surface area contributed by atoms with Crippen LogP contribution in [-0.4, -0.2) is 48.6 Å². The third kappa shape index (κ3) is 9.97. The summed E-state index contributed by atoms with van der Waals surface area (Å²) in [6, 6.07) is 35.5. The van der Waals surface area contributed by atoms with Gasteiger partial charge in [-0.05, 0) is 141 Å². The van der Waals surface area contributed by atoms with Gasteiger partial charge >= 0.3 is 11.9 Å². The molecule has 0 spiro atoms. The zero-order chi connectivity index (χ0) is 43.6. The molecule has 0 heterocycles. The number of hydrogen-bond acceptors (Lipinski definition) is 6. The molecule has 0 radical (unpaired) electrons. The van der Waals surface area contributed by atoms with Gasteiger partial charge in [0.25, 0.3) is 0 Å². The van der Waals surface area contributed by atoms with E-state index in [9.17, 15) is 19.8 Å². The van der Waals surface area contributed by atoms with Crippen LogP contribution in [0.2, 0.25) is 0 Å². The van der Waals surface area contributed by atoms with Crippen molar-refractivity contribution >= 4 is 11.9 Å². The highest BCUT2D eigenvalue weighted by molar-refractivity contribution is 5.89. The molecule has 8 heteroatoms. The number of aromatic carboxylic acids is 2. The summed E-state index contributed by atoms with van der Waals surface area (Å²) >= 11 is 0. The lowest BCUT2D eigenvalue weighted by molar-refractivity contribution is 0.0686. The number of ether oxygens (including phenoxy) is 4. The Kier molecular flexibility index (Phi) is 14.3. The van der Waals surface area contributed by atoms with Gasteiger partial charge in [-0.15, -0.1) is 0 Å². The number of carboxylic acid groups (broad SMARTS) is 2. The van der Waals surface area contributed by atoms with Gasteiger partial charge in [-0.2, -0.15) is 0 Å². The normalized spacial score (nSPS) is 12.1. The second-order valence-corrected chi connectivity index (χ2v) is 15.9. The van der Waals surface area contributed by atoms with Crippen molar-refractivity contribution in [2.24, 2.45) is 0 Å². The number of fused-ring (bicyclic) bond motifs is 8. The molecule has 7 rings (SSSR count). The molecule has 0 saturated heterocycles. The minimum atomic E-state index is -0.964. The van der Waals surface area contributed by atoms with Crippen molar-refractivity contribution in [2.45, 2.75) is 79.1 Å². The maximum absolute atomic E-state index is 11.8. The molecule has 0 saturated carbocycles. The van der Waals surface area contributed by atoms with E-state index in [4.69, 9.17) is 18.9 Å². The molecule has 62 heavy (non-hydrogen) atoms. The molecule has 0 fully saturated rings. The Balaban J connectivity index is 1.51. The molecular formula is C54H56O8. The average Bonchev–Trinajstić information content (AvgIpc) is 3.27. The lowest BCUT2D eigenvalue weighted by atomic mass is 9.88. The van der Waals surface area contributed by atoms with Crippen LogP contribution in [0.3, 0.4) is 0 Å². The van der Waals surface area contributed by atoms with Crippen molar-refractivity contribution < 1.29 is 38.7 Å². The summed E-state index contributed by atoms with van der Waals surface area (Å²) in [4.78, 5) is 23.6. The summed E-state index contributed by atoms with van der Waals surface area (Å²) in [7, 11) is 0. The highest BCUT2D eigenvalue weighted by atomic mass is 16.5. The molecule has 0 aromatic heterocycles. The molecular weight excluding hydrogens is 777 g/mol. The van der Waals surface area contributed by atoms with Crippen molar-refractivity contribution in [1.29, 1.82) is 0 Å². The van der Waals surface area contributed by atoms with Gasteiger partial charge < -0.3 is 29.2 Å². The fourth-order valence-corrected chi connectivity index (χ4v) is 8.19. The van der Waals surface area contributed by atoms with E-state index >= 15 is 0 Å². The summed E-state index contributed by atoms with van der Waals surface area (Å²) < 4.78 is 26.9. The van der Waals surface area contributed by atoms with Crippen LogP contribution in [0.4, 0.5) is 0 Å². The second-order valence-electron chi connectivity index (χ2n) is 15.9. The van der Waals surface area contributed by atoms with Crippen LogP contribution >= 0.6 is 0 Å². The largest absolute Gasteiger partial charge is 0.493 e. The van der Waals surface area contributed by atoms with Gasteiger partial charge in [0.05, 0.1) is 37.6 Å². The summed E-state index contributed by atoms with van der Waals surface area (Å²) in [5.41, 5.74) is 12.4. The van der Waals surface area contributed by atoms with Crippen molar-refractivity contribution in [3.05, 3.63) is 165 Å². The highest BCUT2D eigenvalue weighted by Crippen LogP contribution is 2.42. The monoisotopic (exact) mass is 832 g/mol. The number of hydrogen-bond donors (Lipinski definition) is 2. The maximum atomic E-state index is 11.8. The number of carbonyl (C=O) groups is 2. The predicted molar refractivity (Wildman–Crippen MR) is 245 cm³/mol. The van der Waals surface area contributed by atoms with Crippen molar-refractivity contribution in [3.63, 3.8) is 0 Å². The lowest BCUT2D eigenvalue weighted by Crippen LogP contribution is -2.10. The van der Waals surface area contributed by atoms with Crippen LogP contribution in [0.15, 0.2) is 109 Å². The first kappa shape index (κ1) is 43.5. The molecule has 0 aliphatic heterocycles. The number of rotatable bonds is 16. The predicted octanol–water partition coefficient (Wildman–Crippen LogP) is 12.2. The van der Waals surface area contributed by atoms with Crippen LogP contribution in [-0.2, 0) is 25.7 Å². The Bertz CT molecular complexity index is 2250. The van der Waals surface area contributed by atoms with Crippen molar-refractivity contribution in [3.8, 4) is 45.3 Å². The third-order valence-electron chi connectivity index (χ3n) is 11.1. The van der Waals surface area contributed by atoms with Gasteiger partial charge in [0.1, 0.15) is 23.0 Å². The number of para-hydroxylation sites is 2. The molecule has 0 atom stereocenters. The van der Waals surface area contributed by atoms with Crippen LogP contribution in [0.25, 0.3) is 22.3 Å². The average molecular weight is 833 g/mol. The van der Waals surface area contributed by atoms with E-state index in [2.05, 4.69) is 88.4 Å². The first-order valence-electron chi connectivity index (χ1n) is 21.9. The molecule has 6 aromatic carbocycles. The fraction of sp³-hybridized carbons (Fsp3) is 0.296. The molecule has 0 amide bonds. The van der Waals surface area contributed by atoms with Gasteiger partial charge in [0.2, 0.25) is 0 Å². The van der Waals surface area contributed by atoms with Crippen LogP contribution < -0.4 is 18.9 Å². The zero-order valence-electron chi connectivity index (χ0n) is 36.2. The Morgan fingerprint density at radius 3 is 0.887 bits per heavy atom. The minimum absolute atomic E-state index is 0.235. The number of carboxylic acids is 2. The van der Waals surface area contributed by atoms with Crippen molar-refractivity contribution in [1.82, 2.24) is 0 Å². The van der Waals surface area contributed by atoms with Crippen LogP contribution in [0.5, 0.6) is 23.0 Å². The fourth-order valence-electron chi connectivity index (χ4n) is 8.19. The first-order chi connectivity index (χ1) is 30.2. The summed E-state index contributed by atoms with van der Waals surface area (Å²) in [6.07, 6.45) is 5.45. The third-order valence-corrected chi connectivity index (χ3v) is 11.1. The van der Waals surface area contributed by atoms with Crippen LogP contribution in [0.1, 0.15) is 119 Å². The Morgan fingerprint density at radius 1 is 0.387 bits per heavy atom. The van der Waals surface area contributed by atoms with Crippen LogP contribution in [0, 0.1) is 0 Å². The standard InChI is InChI=1S/C54H56O8/c1-5-23-59-49-39-11-9-12-40(49)28-46-32-44(36-17-21-38(22-18-36)54(57)58)34-48(52(46)62-26-8-4)30-42-14-10-13-41(50(42)60-24-6-2)29-47-33-43(31-45(27-39)51(47)61-25-7-3)35-15-19-37(20-16-35)53(55)56/h9-22,31-34H,5-8,23-30H2,1-4H3,(H,55,56)(H,57,58). The highest BCUT2D eigenvalue weighted by Gasteiger charge is 2.24. The van der Waals surface area contributed by atoms with E-state index in [0.717, 1.165) is 115 Å². The van der Waals surface area contributed by atoms with E-state index in [1.165, 1.54) is 0 Å². The molecule has 6 aromatic rings. The van der Waals surface area contributed by atoms with Gasteiger partial charge in [0.15, 0.2) is 0 Å². The summed E-state index contributed by atoms with van der Waals surface area (Å²) in [5.74, 6) is 1.41. The van der Waals surface area contributed by atoms with E-state index in [-0.39, 0.29) is 11.1 Å². The molecule has 1 aliphatic carbocycles. The SMILES string of the molecule is CCCOc1c2cccc1Cc1cc(-c3ccc(C(=O)O)cc3)cc(c1OCCC)Cc1cccc(c1OCCC)Cc1cc(-c3ccc(C(=O)O)cc3)cc(c1OCCC)C2. The Morgan fingerprint density at radius 2 is 0.645 bits per heavy atom. The molecule has 0 unspecified atom stereocenters. The van der Waals surface area contributed by atoms with Gasteiger partial charge in [-0.25, -0.2) is 9.59 Å². The van der Waals surface area contributed by atoms with E-state index in [1.54, 1.807) is 24.3 Å². The van der Waals surface area contributed by atoms with E-state index in [1.807, 2.05) is 24.3 Å². The second kappa shape index (κ2) is 20.3. The topological polar surface area (TPSA) is 112 Å².